The van der Waals surface area contributed by atoms with Crippen molar-refractivity contribution in [2.75, 3.05) is 13.7 Å². The maximum absolute atomic E-state index is 10.3. The molecule has 110 valence electrons. The minimum Gasteiger partial charge on any atom is -0.504 e. The van der Waals surface area contributed by atoms with Crippen molar-refractivity contribution in [2.24, 2.45) is 5.92 Å². The van der Waals surface area contributed by atoms with Crippen LogP contribution in [-0.2, 0) is 6.54 Å². The molecule has 0 radical (unpaired) electrons. The number of rotatable bonds is 3. The van der Waals surface area contributed by atoms with Crippen LogP contribution in [0.4, 0.5) is 0 Å². The Balaban J connectivity index is 1.76. The molecule has 1 aromatic rings. The number of piperidine rings is 1. The molecule has 0 aromatic heterocycles. The van der Waals surface area contributed by atoms with Crippen LogP contribution in [0.15, 0.2) is 18.2 Å². The second-order valence-corrected chi connectivity index (χ2v) is 6.19. The molecule has 1 N–H and O–H groups in total. The van der Waals surface area contributed by atoms with Gasteiger partial charge >= 0.3 is 0 Å². The minimum atomic E-state index is 0.313. The molecule has 20 heavy (non-hydrogen) atoms. The van der Waals surface area contributed by atoms with Crippen LogP contribution >= 0.6 is 0 Å². The van der Waals surface area contributed by atoms with Crippen LogP contribution < -0.4 is 4.74 Å². The fourth-order valence-electron chi connectivity index (χ4n) is 4.00. The second kappa shape index (κ2) is 6.04. The molecular weight excluding hydrogens is 250 g/mol. The first kappa shape index (κ1) is 13.7. The maximum atomic E-state index is 10.3. The predicted octanol–water partition coefficient (Wildman–Crippen LogP) is 3.56. The van der Waals surface area contributed by atoms with Crippen LogP contribution in [0, 0.1) is 5.92 Å². The third-order valence-electron chi connectivity index (χ3n) is 5.03. The van der Waals surface area contributed by atoms with Gasteiger partial charge in [-0.15, -0.1) is 0 Å². The largest absolute Gasteiger partial charge is 0.504 e. The van der Waals surface area contributed by atoms with Gasteiger partial charge in [-0.3, -0.25) is 4.90 Å². The van der Waals surface area contributed by atoms with Crippen LogP contribution in [0.1, 0.15) is 44.1 Å². The van der Waals surface area contributed by atoms with E-state index in [9.17, 15) is 5.11 Å². The molecule has 2 atom stereocenters. The van der Waals surface area contributed by atoms with Crippen molar-refractivity contribution in [1.29, 1.82) is 0 Å². The van der Waals surface area contributed by atoms with Crippen molar-refractivity contribution < 1.29 is 9.84 Å². The molecule has 3 rings (SSSR count). The van der Waals surface area contributed by atoms with Crippen molar-refractivity contribution in [3.05, 3.63) is 23.8 Å². The van der Waals surface area contributed by atoms with Crippen molar-refractivity contribution in [2.45, 2.75) is 51.1 Å². The summed E-state index contributed by atoms with van der Waals surface area (Å²) in [6, 6.07) is 6.53. The van der Waals surface area contributed by atoms with E-state index in [1.165, 1.54) is 38.5 Å². The summed E-state index contributed by atoms with van der Waals surface area (Å²) in [6.07, 6.45) is 8.18. The summed E-state index contributed by atoms with van der Waals surface area (Å²) >= 11 is 0. The average Bonchev–Trinajstić information content (AvgIpc) is 2.50. The standard InChI is InChI=1S/C17H25NO2/c1-20-16-10-4-7-14(17(16)19)12-18-11-5-8-13-6-2-3-9-15(13)18/h4,7,10,13,15,19H,2-3,5-6,8-9,11-12H2,1H3. The van der Waals surface area contributed by atoms with E-state index in [1.54, 1.807) is 7.11 Å². The Morgan fingerprint density at radius 2 is 2.00 bits per heavy atom. The van der Waals surface area contributed by atoms with E-state index in [1.807, 2.05) is 18.2 Å². The molecule has 0 amide bonds. The average molecular weight is 275 g/mol. The number of fused-ring (bicyclic) bond motifs is 1. The molecule has 3 heteroatoms. The SMILES string of the molecule is COc1cccc(CN2CCCC3CCCCC32)c1O. The highest BCUT2D eigenvalue weighted by molar-refractivity contribution is 5.45. The van der Waals surface area contributed by atoms with Gasteiger partial charge in [0.1, 0.15) is 0 Å². The summed E-state index contributed by atoms with van der Waals surface area (Å²) in [6.45, 7) is 2.02. The van der Waals surface area contributed by atoms with Gasteiger partial charge in [0.25, 0.3) is 0 Å². The van der Waals surface area contributed by atoms with E-state index in [0.717, 1.165) is 30.6 Å². The van der Waals surface area contributed by atoms with E-state index < -0.39 is 0 Å². The third-order valence-corrected chi connectivity index (χ3v) is 5.03. The molecule has 3 nitrogen and oxygen atoms in total. The molecule has 2 aliphatic rings. The molecule has 2 fully saturated rings. The number of likely N-dealkylation sites (tertiary alicyclic amines) is 1. The van der Waals surface area contributed by atoms with Crippen LogP contribution in [0.3, 0.4) is 0 Å². The molecule has 0 bridgehead atoms. The Kier molecular flexibility index (Phi) is 4.16. The lowest BCUT2D eigenvalue weighted by molar-refractivity contribution is 0.0541. The Hall–Kier alpha value is -1.22. The quantitative estimate of drug-likeness (QED) is 0.915. The van der Waals surface area contributed by atoms with Gasteiger partial charge in [-0.2, -0.15) is 0 Å². The molecule has 1 heterocycles. The van der Waals surface area contributed by atoms with Crippen LogP contribution in [0.2, 0.25) is 0 Å². The first-order valence-corrected chi connectivity index (χ1v) is 7.88. The fourth-order valence-corrected chi connectivity index (χ4v) is 4.00. The highest BCUT2D eigenvalue weighted by atomic mass is 16.5. The van der Waals surface area contributed by atoms with Gasteiger partial charge in [0, 0.05) is 18.2 Å². The lowest BCUT2D eigenvalue weighted by atomic mass is 9.78. The van der Waals surface area contributed by atoms with Crippen LogP contribution in [-0.4, -0.2) is 29.7 Å². The van der Waals surface area contributed by atoms with E-state index in [2.05, 4.69) is 4.90 Å². The molecule has 2 unspecified atom stereocenters. The van der Waals surface area contributed by atoms with Crippen molar-refractivity contribution in [3.8, 4) is 11.5 Å². The van der Waals surface area contributed by atoms with Crippen molar-refractivity contribution in [3.63, 3.8) is 0 Å². The van der Waals surface area contributed by atoms with Crippen molar-refractivity contribution in [1.82, 2.24) is 4.90 Å². The van der Waals surface area contributed by atoms with Gasteiger partial charge in [-0.1, -0.05) is 25.0 Å². The van der Waals surface area contributed by atoms with E-state index in [-0.39, 0.29) is 0 Å². The zero-order chi connectivity index (χ0) is 13.9. The normalized spacial score (nSPS) is 27.1. The predicted molar refractivity (Wildman–Crippen MR) is 80.0 cm³/mol. The Bertz CT molecular complexity index is 458. The number of hydrogen-bond donors (Lipinski definition) is 1. The molecule has 1 saturated heterocycles. The molecule has 1 aliphatic heterocycles. The zero-order valence-electron chi connectivity index (χ0n) is 12.3. The highest BCUT2D eigenvalue weighted by Gasteiger charge is 2.33. The third kappa shape index (κ3) is 2.64. The Morgan fingerprint density at radius 1 is 1.20 bits per heavy atom. The van der Waals surface area contributed by atoms with Gasteiger partial charge in [0.15, 0.2) is 11.5 Å². The smallest absolute Gasteiger partial charge is 0.162 e. The first-order valence-electron chi connectivity index (χ1n) is 7.88. The van der Waals surface area contributed by atoms with Gasteiger partial charge < -0.3 is 9.84 Å². The number of phenols is 1. The topological polar surface area (TPSA) is 32.7 Å². The number of para-hydroxylation sites is 1. The monoisotopic (exact) mass is 275 g/mol. The van der Waals surface area contributed by atoms with Gasteiger partial charge in [0.05, 0.1) is 7.11 Å². The maximum Gasteiger partial charge on any atom is 0.162 e. The molecular formula is C17H25NO2. The Labute approximate surface area is 121 Å². The highest BCUT2D eigenvalue weighted by Crippen LogP contribution is 2.37. The summed E-state index contributed by atoms with van der Waals surface area (Å²) in [4.78, 5) is 2.59. The lowest BCUT2D eigenvalue weighted by Gasteiger charge is -2.44. The van der Waals surface area contributed by atoms with Crippen molar-refractivity contribution >= 4 is 0 Å². The number of methoxy groups -OCH3 is 1. The fraction of sp³-hybridized carbons (Fsp3) is 0.647. The number of benzene rings is 1. The lowest BCUT2D eigenvalue weighted by Crippen LogP contribution is -2.46. The molecule has 1 aromatic carbocycles. The van der Waals surface area contributed by atoms with E-state index in [0.29, 0.717) is 11.5 Å². The summed E-state index contributed by atoms with van der Waals surface area (Å²) in [5, 5.41) is 10.3. The van der Waals surface area contributed by atoms with E-state index >= 15 is 0 Å². The van der Waals surface area contributed by atoms with Crippen LogP contribution in [0.25, 0.3) is 0 Å². The van der Waals surface area contributed by atoms with Gasteiger partial charge in [-0.25, -0.2) is 0 Å². The number of nitrogens with zero attached hydrogens (tertiary/aromatic N) is 1. The molecule has 1 saturated carbocycles. The summed E-state index contributed by atoms with van der Waals surface area (Å²) < 4.78 is 5.21. The number of phenolic OH excluding ortho intramolecular Hbond substituents is 1. The second-order valence-electron chi connectivity index (χ2n) is 6.19. The van der Waals surface area contributed by atoms with Crippen LogP contribution in [0.5, 0.6) is 11.5 Å². The van der Waals surface area contributed by atoms with Gasteiger partial charge in [0.2, 0.25) is 0 Å². The zero-order valence-corrected chi connectivity index (χ0v) is 12.3. The van der Waals surface area contributed by atoms with E-state index in [4.69, 9.17) is 4.74 Å². The molecule has 1 aliphatic carbocycles. The number of hydrogen-bond acceptors (Lipinski definition) is 3. The van der Waals surface area contributed by atoms with Gasteiger partial charge in [-0.05, 0) is 44.2 Å². The Morgan fingerprint density at radius 3 is 2.85 bits per heavy atom. The summed E-state index contributed by atoms with van der Waals surface area (Å²) in [7, 11) is 1.61. The molecule has 0 spiro atoms. The summed E-state index contributed by atoms with van der Waals surface area (Å²) in [5.41, 5.74) is 0.996. The summed E-state index contributed by atoms with van der Waals surface area (Å²) in [5.74, 6) is 1.78. The number of aromatic hydroxyl groups is 1. The first-order chi connectivity index (χ1) is 9.79. The minimum absolute atomic E-state index is 0.313. The number of ether oxygens (including phenoxy) is 1.